The highest BCUT2D eigenvalue weighted by molar-refractivity contribution is 7.94. The minimum atomic E-state index is -0.490. The Kier molecular flexibility index (Phi) is 7.99. The third-order valence-electron chi connectivity index (χ3n) is 4.41. The Morgan fingerprint density at radius 3 is 2.70 bits per heavy atom. The second-order valence-corrected chi connectivity index (χ2v) is 9.06. The van der Waals surface area contributed by atoms with E-state index in [2.05, 4.69) is 26.1 Å². The van der Waals surface area contributed by atoms with Crippen LogP contribution in [0.1, 0.15) is 53.4 Å². The first-order valence-electron chi connectivity index (χ1n) is 9.69. The van der Waals surface area contributed by atoms with Crippen LogP contribution in [0.15, 0.2) is 36.4 Å². The van der Waals surface area contributed by atoms with Gasteiger partial charge in [-0.1, -0.05) is 58.7 Å². The van der Waals surface area contributed by atoms with E-state index < -0.39 is 6.04 Å². The number of fused-ring (bicyclic) bond motifs is 1. The second kappa shape index (κ2) is 10.00. The van der Waals surface area contributed by atoms with Gasteiger partial charge in [-0.15, -0.1) is 0 Å². The fraction of sp³-hybridized carbons (Fsp3) is 0.500. The number of carbonyl (C=O) groups is 1. The highest BCUT2D eigenvalue weighted by Crippen LogP contribution is 2.29. The third-order valence-corrected chi connectivity index (χ3v) is 4.96. The second-order valence-electron chi connectivity index (χ2n) is 8.08. The zero-order chi connectivity index (χ0) is 19.9. The van der Waals surface area contributed by atoms with E-state index in [0.29, 0.717) is 11.8 Å². The summed E-state index contributed by atoms with van der Waals surface area (Å²) >= 11 is 1.40. The lowest BCUT2D eigenvalue weighted by molar-refractivity contribution is -0.117. The summed E-state index contributed by atoms with van der Waals surface area (Å²) in [7, 11) is 0. The van der Waals surface area contributed by atoms with Gasteiger partial charge in [-0.25, -0.2) is 0 Å². The summed E-state index contributed by atoms with van der Waals surface area (Å²) in [5, 5.41) is 5.01. The Morgan fingerprint density at radius 2 is 2.00 bits per heavy atom. The van der Waals surface area contributed by atoms with Gasteiger partial charge >= 0.3 is 0 Å². The molecule has 27 heavy (non-hydrogen) atoms. The predicted octanol–water partition coefficient (Wildman–Crippen LogP) is 5.76. The molecule has 0 radical (unpaired) electrons. The van der Waals surface area contributed by atoms with Gasteiger partial charge in [0, 0.05) is 16.8 Å². The summed E-state index contributed by atoms with van der Waals surface area (Å²) in [5.74, 6) is 1.52. The Bertz CT molecular complexity index is 756. The molecular formula is C22H32N2O2S. The van der Waals surface area contributed by atoms with Gasteiger partial charge in [0.1, 0.15) is 5.75 Å². The molecule has 0 spiro atoms. The van der Waals surface area contributed by atoms with E-state index in [-0.39, 0.29) is 5.91 Å². The zero-order valence-corrected chi connectivity index (χ0v) is 17.7. The number of carbonyl (C=O) groups excluding carboxylic acids is 1. The molecule has 0 saturated heterocycles. The zero-order valence-electron chi connectivity index (χ0n) is 16.9. The summed E-state index contributed by atoms with van der Waals surface area (Å²) in [4.78, 5) is 12.5. The maximum atomic E-state index is 12.5. The maximum absolute atomic E-state index is 12.5. The predicted molar refractivity (Wildman–Crippen MR) is 117 cm³/mol. The van der Waals surface area contributed by atoms with Crippen LogP contribution in [-0.4, -0.2) is 17.7 Å². The average molecular weight is 389 g/mol. The van der Waals surface area contributed by atoms with Gasteiger partial charge < -0.3 is 15.2 Å². The van der Waals surface area contributed by atoms with Crippen molar-refractivity contribution in [1.29, 1.82) is 0 Å². The fourth-order valence-corrected chi connectivity index (χ4v) is 3.27. The molecule has 2 aromatic carbocycles. The van der Waals surface area contributed by atoms with Gasteiger partial charge in [-0.3, -0.25) is 4.79 Å². The summed E-state index contributed by atoms with van der Waals surface area (Å²) in [6.45, 7) is 8.74. The number of hydrogen-bond acceptors (Lipinski definition) is 4. The lowest BCUT2D eigenvalue weighted by Gasteiger charge is -2.18. The first-order valence-corrected chi connectivity index (χ1v) is 10.6. The SMILES string of the molecule is CCSOc1ccc2cccc(NC(=O)C(N)CCCCC(C)(C)C)c2c1. The van der Waals surface area contributed by atoms with Crippen molar-refractivity contribution in [3.8, 4) is 5.75 Å². The first kappa shape index (κ1) is 21.6. The molecule has 0 saturated carbocycles. The standard InChI is InChI=1S/C22H32N2O2S/c1-5-27-26-17-13-12-16-9-8-11-20(18(16)15-17)24-21(25)19(23)10-6-7-14-22(2,3)4/h8-9,11-13,15,19H,5-7,10,14,23H2,1-4H3,(H,24,25). The quantitative estimate of drug-likeness (QED) is 0.423. The van der Waals surface area contributed by atoms with Gasteiger partial charge in [0.15, 0.2) is 0 Å². The lowest BCUT2D eigenvalue weighted by Crippen LogP contribution is -2.35. The smallest absolute Gasteiger partial charge is 0.241 e. The van der Waals surface area contributed by atoms with Crippen molar-refractivity contribution in [3.05, 3.63) is 36.4 Å². The van der Waals surface area contributed by atoms with Crippen molar-refractivity contribution < 1.29 is 8.98 Å². The van der Waals surface area contributed by atoms with E-state index in [1.165, 1.54) is 12.0 Å². The molecule has 2 aromatic rings. The van der Waals surface area contributed by atoms with Gasteiger partial charge in [-0.2, -0.15) is 0 Å². The number of benzene rings is 2. The summed E-state index contributed by atoms with van der Waals surface area (Å²) in [5.41, 5.74) is 7.21. The fourth-order valence-electron chi connectivity index (χ4n) is 2.92. The number of nitrogens with two attached hydrogens (primary N) is 1. The van der Waals surface area contributed by atoms with E-state index >= 15 is 0 Å². The Balaban J connectivity index is 2.00. The molecule has 1 atom stereocenters. The third kappa shape index (κ3) is 7.07. The number of rotatable bonds is 9. The number of hydrogen-bond donors (Lipinski definition) is 2. The summed E-state index contributed by atoms with van der Waals surface area (Å²) in [6.07, 6.45) is 3.90. The van der Waals surface area contributed by atoms with Gasteiger partial charge in [-0.05, 0) is 41.8 Å². The molecular weight excluding hydrogens is 356 g/mol. The van der Waals surface area contributed by atoms with Gasteiger partial charge in [0.25, 0.3) is 0 Å². The van der Waals surface area contributed by atoms with E-state index in [4.69, 9.17) is 9.92 Å². The van der Waals surface area contributed by atoms with Crippen LogP contribution in [0.5, 0.6) is 5.75 Å². The molecule has 0 fully saturated rings. The molecule has 148 valence electrons. The van der Waals surface area contributed by atoms with Crippen molar-refractivity contribution in [2.24, 2.45) is 11.1 Å². The average Bonchev–Trinajstić information content (AvgIpc) is 2.62. The highest BCUT2D eigenvalue weighted by atomic mass is 32.2. The van der Waals surface area contributed by atoms with Crippen molar-refractivity contribution >= 4 is 34.4 Å². The van der Waals surface area contributed by atoms with Crippen molar-refractivity contribution in [1.82, 2.24) is 0 Å². The Hall–Kier alpha value is -1.72. The number of anilines is 1. The van der Waals surface area contributed by atoms with Crippen LogP contribution in [0, 0.1) is 5.41 Å². The molecule has 3 N–H and O–H groups in total. The van der Waals surface area contributed by atoms with E-state index in [9.17, 15) is 4.79 Å². The molecule has 0 aliphatic heterocycles. The molecule has 4 nitrogen and oxygen atoms in total. The van der Waals surface area contributed by atoms with Crippen LogP contribution in [0.3, 0.4) is 0 Å². The molecule has 0 heterocycles. The van der Waals surface area contributed by atoms with E-state index in [0.717, 1.165) is 47.2 Å². The van der Waals surface area contributed by atoms with Crippen molar-refractivity contribution in [3.63, 3.8) is 0 Å². The molecule has 5 heteroatoms. The monoisotopic (exact) mass is 388 g/mol. The normalized spacial score (nSPS) is 12.8. The Morgan fingerprint density at radius 1 is 1.22 bits per heavy atom. The van der Waals surface area contributed by atoms with E-state index in [1.54, 1.807) is 0 Å². The lowest BCUT2D eigenvalue weighted by atomic mass is 9.89. The maximum Gasteiger partial charge on any atom is 0.241 e. The molecule has 1 amide bonds. The first-order chi connectivity index (χ1) is 12.8. The Labute approximate surface area is 167 Å². The topological polar surface area (TPSA) is 64.3 Å². The van der Waals surface area contributed by atoms with Crippen molar-refractivity contribution in [2.45, 2.75) is 59.4 Å². The number of amides is 1. The van der Waals surface area contributed by atoms with Crippen LogP contribution in [0.4, 0.5) is 5.69 Å². The van der Waals surface area contributed by atoms with Crippen LogP contribution in [0.2, 0.25) is 0 Å². The van der Waals surface area contributed by atoms with E-state index in [1.807, 2.05) is 43.3 Å². The van der Waals surface area contributed by atoms with Crippen LogP contribution in [-0.2, 0) is 4.79 Å². The molecule has 2 rings (SSSR count). The summed E-state index contributed by atoms with van der Waals surface area (Å²) < 4.78 is 5.64. The molecule has 1 unspecified atom stereocenters. The largest absolute Gasteiger partial charge is 0.426 e. The summed E-state index contributed by atoms with van der Waals surface area (Å²) in [6, 6.07) is 11.3. The van der Waals surface area contributed by atoms with Gasteiger partial charge in [0.2, 0.25) is 5.91 Å². The van der Waals surface area contributed by atoms with Crippen LogP contribution < -0.4 is 15.2 Å². The molecule has 0 aliphatic carbocycles. The number of unbranched alkanes of at least 4 members (excludes halogenated alkanes) is 1. The highest BCUT2D eigenvalue weighted by Gasteiger charge is 2.16. The van der Waals surface area contributed by atoms with Crippen LogP contribution >= 0.6 is 12.0 Å². The minimum Gasteiger partial charge on any atom is -0.426 e. The van der Waals surface area contributed by atoms with Gasteiger partial charge in [0.05, 0.1) is 18.1 Å². The minimum absolute atomic E-state index is 0.132. The molecule has 0 aromatic heterocycles. The number of nitrogens with one attached hydrogen (secondary N) is 1. The molecule has 0 bridgehead atoms. The van der Waals surface area contributed by atoms with Crippen molar-refractivity contribution in [2.75, 3.05) is 11.1 Å². The molecule has 0 aliphatic rings. The van der Waals surface area contributed by atoms with Crippen LogP contribution in [0.25, 0.3) is 10.8 Å².